The second-order valence-corrected chi connectivity index (χ2v) is 7.23. The van der Waals surface area contributed by atoms with Gasteiger partial charge in [-0.15, -0.1) is 0 Å². The summed E-state index contributed by atoms with van der Waals surface area (Å²) < 4.78 is 6.02. The van der Waals surface area contributed by atoms with Crippen molar-refractivity contribution in [3.8, 4) is 17.2 Å². The van der Waals surface area contributed by atoms with Crippen LogP contribution in [0.15, 0.2) is 84.9 Å². The number of phenols is 1. The number of ether oxygens (including phenoxy) is 1. The van der Waals surface area contributed by atoms with Crippen LogP contribution in [0.4, 0.5) is 0 Å². The third-order valence-electron chi connectivity index (χ3n) is 4.75. The molecule has 0 amide bonds. The highest BCUT2D eigenvalue weighted by atomic mass is 16.5. The summed E-state index contributed by atoms with van der Waals surface area (Å²) >= 11 is 0. The van der Waals surface area contributed by atoms with Gasteiger partial charge in [0, 0.05) is 0 Å². The van der Waals surface area contributed by atoms with E-state index in [9.17, 15) is 0 Å². The zero-order valence-corrected chi connectivity index (χ0v) is 17.6. The first-order valence-electron chi connectivity index (χ1n) is 10.8. The maximum atomic E-state index is 8.63. The second kappa shape index (κ2) is 14.3. The van der Waals surface area contributed by atoms with Crippen molar-refractivity contribution in [2.45, 2.75) is 58.3 Å². The third-order valence-corrected chi connectivity index (χ3v) is 4.75. The van der Waals surface area contributed by atoms with E-state index in [2.05, 4.69) is 25.1 Å². The van der Waals surface area contributed by atoms with Gasteiger partial charge in [-0.3, -0.25) is 0 Å². The molecule has 3 rings (SSSR count). The van der Waals surface area contributed by atoms with Crippen molar-refractivity contribution in [3.63, 3.8) is 0 Å². The first-order chi connectivity index (χ1) is 14.3. The largest absolute Gasteiger partial charge is 0.508 e. The van der Waals surface area contributed by atoms with E-state index >= 15 is 0 Å². The lowest BCUT2D eigenvalue weighted by molar-refractivity contribution is 0.474. The number of aromatic hydroxyl groups is 1. The van der Waals surface area contributed by atoms with Gasteiger partial charge in [0.05, 0.1) is 0 Å². The van der Waals surface area contributed by atoms with Gasteiger partial charge in [0.2, 0.25) is 0 Å². The normalized spacial score (nSPS) is 10.1. The third kappa shape index (κ3) is 9.84. The van der Waals surface area contributed by atoms with Gasteiger partial charge in [0.25, 0.3) is 0 Å². The summed E-state index contributed by atoms with van der Waals surface area (Å²) in [5.74, 6) is 2.23. The van der Waals surface area contributed by atoms with Gasteiger partial charge in [-0.25, -0.2) is 0 Å². The number of benzene rings is 3. The van der Waals surface area contributed by atoms with Crippen molar-refractivity contribution >= 4 is 0 Å². The van der Waals surface area contributed by atoms with Crippen LogP contribution in [0.1, 0.15) is 57.4 Å². The molecule has 0 saturated carbocycles. The minimum Gasteiger partial charge on any atom is -0.508 e. The number of hydrogen-bond acceptors (Lipinski definition) is 2. The Bertz CT molecular complexity index is 769. The highest BCUT2D eigenvalue weighted by Gasteiger charge is 2.04. The van der Waals surface area contributed by atoms with Gasteiger partial charge in [0.1, 0.15) is 17.2 Å². The van der Waals surface area contributed by atoms with Crippen molar-refractivity contribution in [1.29, 1.82) is 0 Å². The molecule has 0 saturated heterocycles. The Balaban J connectivity index is 0.000000360. The van der Waals surface area contributed by atoms with Crippen molar-refractivity contribution in [2.24, 2.45) is 0 Å². The average molecular weight is 391 g/mol. The van der Waals surface area contributed by atoms with E-state index in [-0.39, 0.29) is 0 Å². The molecule has 0 aliphatic carbocycles. The summed E-state index contributed by atoms with van der Waals surface area (Å²) in [4.78, 5) is 0. The van der Waals surface area contributed by atoms with Crippen LogP contribution in [-0.2, 0) is 6.42 Å². The smallest absolute Gasteiger partial charge is 0.130 e. The molecular weight excluding hydrogens is 356 g/mol. The van der Waals surface area contributed by atoms with Crippen LogP contribution in [-0.4, -0.2) is 5.11 Å². The molecule has 0 atom stereocenters. The lowest BCUT2D eigenvalue weighted by atomic mass is 10.0. The highest BCUT2D eigenvalue weighted by Crippen LogP contribution is 2.26. The summed E-state index contributed by atoms with van der Waals surface area (Å²) in [6.45, 7) is 2.27. The number of unbranched alkanes of at least 4 members (excludes halogenated alkanes) is 6. The van der Waals surface area contributed by atoms with E-state index in [1.54, 1.807) is 24.3 Å². The molecule has 0 aromatic heterocycles. The Hall–Kier alpha value is -2.74. The van der Waals surface area contributed by atoms with Crippen LogP contribution >= 0.6 is 0 Å². The summed E-state index contributed by atoms with van der Waals surface area (Å²) in [6, 6.07) is 27.2. The van der Waals surface area contributed by atoms with Crippen LogP contribution < -0.4 is 4.74 Å². The molecule has 0 aliphatic rings. The molecule has 154 valence electrons. The van der Waals surface area contributed by atoms with Crippen LogP contribution in [0.5, 0.6) is 17.2 Å². The van der Waals surface area contributed by atoms with Crippen LogP contribution in [0.3, 0.4) is 0 Å². The number of aryl methyl sites for hydroxylation is 1. The summed E-state index contributed by atoms with van der Waals surface area (Å²) in [5, 5.41) is 8.63. The maximum absolute atomic E-state index is 8.63. The molecule has 0 bridgehead atoms. The molecule has 3 aromatic carbocycles. The first kappa shape index (κ1) is 22.5. The molecule has 1 N–H and O–H groups in total. The minimum atomic E-state index is 0.322. The van der Waals surface area contributed by atoms with Crippen LogP contribution in [0, 0.1) is 0 Å². The molecule has 2 nitrogen and oxygen atoms in total. The van der Waals surface area contributed by atoms with Gasteiger partial charge < -0.3 is 9.84 Å². The monoisotopic (exact) mass is 390 g/mol. The van der Waals surface area contributed by atoms with Gasteiger partial charge in [-0.05, 0) is 48.7 Å². The molecule has 0 heterocycles. The predicted octanol–water partition coefficient (Wildman–Crippen LogP) is 8.16. The fraction of sp³-hybridized carbons (Fsp3) is 0.333. The Morgan fingerprint density at radius 2 is 1.17 bits per heavy atom. The predicted molar refractivity (Wildman–Crippen MR) is 123 cm³/mol. The first-order valence-corrected chi connectivity index (χ1v) is 10.8. The van der Waals surface area contributed by atoms with E-state index < -0.39 is 0 Å². The van der Waals surface area contributed by atoms with Gasteiger partial charge in [0.15, 0.2) is 0 Å². The van der Waals surface area contributed by atoms with Crippen molar-refractivity contribution in [1.82, 2.24) is 0 Å². The summed E-state index contributed by atoms with van der Waals surface area (Å²) in [5.41, 5.74) is 1.32. The molecule has 0 spiro atoms. The van der Waals surface area contributed by atoms with Gasteiger partial charge in [-0.2, -0.15) is 0 Å². The number of para-hydroxylation sites is 3. The van der Waals surface area contributed by atoms with Gasteiger partial charge in [-0.1, -0.05) is 100 Å². The molecule has 0 fully saturated rings. The Morgan fingerprint density at radius 1 is 0.621 bits per heavy atom. The summed E-state index contributed by atoms with van der Waals surface area (Å²) in [6.07, 6.45) is 10.5. The molecular formula is C27H34O2. The van der Waals surface area contributed by atoms with E-state index in [1.165, 1.54) is 50.5 Å². The number of phenolic OH excluding ortho intramolecular Hbond substituents is 1. The van der Waals surface area contributed by atoms with Crippen molar-refractivity contribution < 1.29 is 9.84 Å². The Labute approximate surface area is 176 Å². The lowest BCUT2D eigenvalue weighted by Crippen LogP contribution is -1.92. The molecule has 3 aromatic rings. The topological polar surface area (TPSA) is 29.5 Å². The van der Waals surface area contributed by atoms with Crippen LogP contribution in [0.25, 0.3) is 0 Å². The molecule has 0 unspecified atom stereocenters. The molecule has 0 radical (unpaired) electrons. The second-order valence-electron chi connectivity index (χ2n) is 7.23. The number of hydrogen-bond donors (Lipinski definition) is 1. The van der Waals surface area contributed by atoms with E-state index in [4.69, 9.17) is 9.84 Å². The van der Waals surface area contributed by atoms with E-state index in [1.807, 2.05) is 42.5 Å². The van der Waals surface area contributed by atoms with Crippen molar-refractivity contribution in [2.75, 3.05) is 0 Å². The zero-order valence-electron chi connectivity index (χ0n) is 17.6. The molecule has 2 heteroatoms. The molecule has 29 heavy (non-hydrogen) atoms. The van der Waals surface area contributed by atoms with E-state index in [0.29, 0.717) is 5.75 Å². The quantitative estimate of drug-likeness (QED) is 0.354. The van der Waals surface area contributed by atoms with E-state index in [0.717, 1.165) is 17.9 Å². The lowest BCUT2D eigenvalue weighted by Gasteiger charge is -2.11. The SMILES string of the molecule is CCCCCCCCCc1ccccc1Oc1ccccc1.Oc1ccccc1. The fourth-order valence-electron chi connectivity index (χ4n) is 3.13. The minimum absolute atomic E-state index is 0.322. The highest BCUT2D eigenvalue weighted by molar-refractivity contribution is 5.37. The zero-order chi connectivity index (χ0) is 20.6. The Morgan fingerprint density at radius 3 is 1.79 bits per heavy atom. The fourth-order valence-corrected chi connectivity index (χ4v) is 3.13. The standard InChI is InChI=1S/C21H28O.C6H6O/c1-2-3-4-5-6-7-9-14-19-15-12-13-18-21(19)22-20-16-10-8-11-17-20;7-6-4-2-1-3-5-6/h8,10-13,15-18H,2-7,9,14H2,1H3;1-5,7H. The molecule has 0 aliphatic heterocycles. The van der Waals surface area contributed by atoms with Crippen molar-refractivity contribution in [3.05, 3.63) is 90.5 Å². The van der Waals surface area contributed by atoms with Gasteiger partial charge >= 0.3 is 0 Å². The summed E-state index contributed by atoms with van der Waals surface area (Å²) in [7, 11) is 0. The Kier molecular flexibility index (Phi) is 11.1. The van der Waals surface area contributed by atoms with Crippen LogP contribution in [0.2, 0.25) is 0 Å². The maximum Gasteiger partial charge on any atom is 0.130 e. The average Bonchev–Trinajstić information content (AvgIpc) is 2.76. The number of rotatable bonds is 10.